The van der Waals surface area contributed by atoms with E-state index in [-0.39, 0.29) is 11.1 Å². The number of benzene rings is 2. The van der Waals surface area contributed by atoms with E-state index in [1.165, 1.54) is 28.9 Å². The van der Waals surface area contributed by atoms with Crippen LogP contribution in [-0.2, 0) is 6.54 Å². The number of rotatable bonds is 5. The van der Waals surface area contributed by atoms with Crippen molar-refractivity contribution >= 4 is 33.7 Å². The normalized spacial score (nSPS) is 14.6. The minimum Gasteiger partial charge on any atom is -0.329 e. The Balaban J connectivity index is 1.78. The van der Waals surface area contributed by atoms with Crippen LogP contribution in [0, 0.1) is 5.82 Å². The zero-order valence-electron chi connectivity index (χ0n) is 15.4. The summed E-state index contributed by atoms with van der Waals surface area (Å²) in [6.45, 7) is 3.51. The average molecular weight is 397 g/mol. The van der Waals surface area contributed by atoms with Gasteiger partial charge in [0.1, 0.15) is 11.6 Å². The van der Waals surface area contributed by atoms with Crippen molar-refractivity contribution in [3.05, 3.63) is 53.8 Å². The third kappa shape index (κ3) is 3.41. The molecule has 1 amide bonds. The van der Waals surface area contributed by atoms with Crippen LogP contribution in [0.1, 0.15) is 12.5 Å². The lowest BCUT2D eigenvalue weighted by Crippen LogP contribution is -2.33. The summed E-state index contributed by atoms with van der Waals surface area (Å²) >= 11 is 1.22. The van der Waals surface area contributed by atoms with Crippen molar-refractivity contribution in [1.82, 2.24) is 14.6 Å². The summed E-state index contributed by atoms with van der Waals surface area (Å²) in [5.74, 6) is 0.955. The highest BCUT2D eigenvalue weighted by molar-refractivity contribution is 8.14. The van der Waals surface area contributed by atoms with Crippen LogP contribution in [0.2, 0.25) is 0 Å². The molecule has 144 valence electrons. The second-order valence-corrected chi connectivity index (χ2v) is 7.33. The van der Waals surface area contributed by atoms with Gasteiger partial charge in [0.2, 0.25) is 0 Å². The Hall–Kier alpha value is -2.71. The molecule has 0 saturated heterocycles. The Morgan fingerprint density at radius 1 is 1.21 bits per heavy atom. The van der Waals surface area contributed by atoms with Crippen LogP contribution >= 0.6 is 11.8 Å². The predicted molar refractivity (Wildman–Crippen MR) is 111 cm³/mol. The first-order valence-electron chi connectivity index (χ1n) is 9.09. The van der Waals surface area contributed by atoms with Crippen LogP contribution < -0.4 is 5.73 Å². The van der Waals surface area contributed by atoms with E-state index in [1.807, 2.05) is 31.2 Å². The van der Waals surface area contributed by atoms with Gasteiger partial charge in [0, 0.05) is 30.0 Å². The van der Waals surface area contributed by atoms with Crippen LogP contribution in [-0.4, -0.2) is 44.4 Å². The van der Waals surface area contributed by atoms with Gasteiger partial charge in [-0.25, -0.2) is 14.4 Å². The van der Waals surface area contributed by atoms with Crippen molar-refractivity contribution in [1.29, 1.82) is 0 Å². The van der Waals surface area contributed by atoms with E-state index in [0.29, 0.717) is 18.8 Å². The first-order valence-corrected chi connectivity index (χ1v) is 10.1. The smallest absolute Gasteiger partial charge is 0.302 e. The van der Waals surface area contributed by atoms with Crippen molar-refractivity contribution in [3.63, 3.8) is 0 Å². The summed E-state index contributed by atoms with van der Waals surface area (Å²) in [6.07, 6.45) is 0. The molecule has 0 spiro atoms. The summed E-state index contributed by atoms with van der Waals surface area (Å²) in [7, 11) is 0. The van der Waals surface area contributed by atoms with Gasteiger partial charge >= 0.3 is 5.24 Å². The van der Waals surface area contributed by atoms with Crippen LogP contribution in [0.5, 0.6) is 0 Å². The Kier molecular flexibility index (Phi) is 5.15. The van der Waals surface area contributed by atoms with Crippen LogP contribution in [0.25, 0.3) is 22.4 Å². The molecule has 28 heavy (non-hydrogen) atoms. The number of aromatic nitrogens is 2. The molecule has 0 radical (unpaired) electrons. The van der Waals surface area contributed by atoms with Crippen molar-refractivity contribution in [2.45, 2.75) is 13.5 Å². The van der Waals surface area contributed by atoms with E-state index < -0.39 is 0 Å². The number of hydrogen-bond donors (Lipinski definition) is 1. The SMILES string of the molecule is CCn1c(-c2cccc(F)c2)nc2cc(C3=NN(CCN)C(=O)SC3)ccc21. The molecule has 0 bridgehead atoms. The highest BCUT2D eigenvalue weighted by atomic mass is 32.2. The molecule has 4 rings (SSSR count). The van der Waals surface area contributed by atoms with E-state index >= 15 is 0 Å². The van der Waals surface area contributed by atoms with Crippen molar-refractivity contribution in [3.8, 4) is 11.4 Å². The maximum Gasteiger partial charge on any atom is 0.302 e. The van der Waals surface area contributed by atoms with Gasteiger partial charge in [0.25, 0.3) is 0 Å². The summed E-state index contributed by atoms with van der Waals surface area (Å²) in [4.78, 5) is 16.7. The summed E-state index contributed by atoms with van der Waals surface area (Å²) in [5, 5.41) is 5.79. The molecule has 1 aliphatic heterocycles. The van der Waals surface area contributed by atoms with Gasteiger partial charge in [0.05, 0.1) is 23.3 Å². The topological polar surface area (TPSA) is 76.5 Å². The number of imidazole rings is 1. The molecule has 3 aromatic rings. The quantitative estimate of drug-likeness (QED) is 0.712. The third-order valence-corrected chi connectivity index (χ3v) is 5.48. The molecule has 6 nitrogen and oxygen atoms in total. The first kappa shape index (κ1) is 18.6. The molecule has 1 aromatic heterocycles. The number of fused-ring (bicyclic) bond motifs is 1. The number of thioether (sulfide) groups is 1. The molecule has 0 atom stereocenters. The lowest BCUT2D eigenvalue weighted by molar-refractivity contribution is 0.226. The summed E-state index contributed by atoms with van der Waals surface area (Å²) < 4.78 is 15.8. The Morgan fingerprint density at radius 3 is 2.82 bits per heavy atom. The van der Waals surface area contributed by atoms with Gasteiger partial charge in [0.15, 0.2) is 0 Å². The number of nitrogens with two attached hydrogens (primary N) is 1. The minimum absolute atomic E-state index is 0.0843. The fourth-order valence-corrected chi connectivity index (χ4v) is 4.07. The lowest BCUT2D eigenvalue weighted by atomic mass is 10.1. The van der Waals surface area contributed by atoms with E-state index in [2.05, 4.69) is 9.67 Å². The maximum atomic E-state index is 13.7. The number of aryl methyl sites for hydroxylation is 1. The zero-order chi connectivity index (χ0) is 19.7. The number of nitrogens with zero attached hydrogens (tertiary/aromatic N) is 4. The van der Waals surface area contributed by atoms with Crippen molar-refractivity contribution in [2.24, 2.45) is 10.8 Å². The van der Waals surface area contributed by atoms with E-state index in [1.54, 1.807) is 6.07 Å². The van der Waals surface area contributed by atoms with E-state index in [9.17, 15) is 9.18 Å². The Bertz CT molecular complexity index is 1080. The molecular weight excluding hydrogens is 377 g/mol. The molecule has 2 aromatic carbocycles. The second-order valence-electron chi connectivity index (χ2n) is 6.41. The molecule has 2 heterocycles. The van der Waals surface area contributed by atoms with Crippen LogP contribution in [0.15, 0.2) is 47.6 Å². The summed E-state index contributed by atoms with van der Waals surface area (Å²) in [5.41, 5.74) is 9.83. The van der Waals surface area contributed by atoms with Crippen LogP contribution in [0.4, 0.5) is 9.18 Å². The third-order valence-electron chi connectivity index (χ3n) is 4.61. The number of halogens is 1. The Morgan fingerprint density at radius 2 is 2.07 bits per heavy atom. The van der Waals surface area contributed by atoms with Gasteiger partial charge < -0.3 is 10.3 Å². The van der Waals surface area contributed by atoms with Gasteiger partial charge in [-0.1, -0.05) is 30.0 Å². The molecule has 0 saturated carbocycles. The maximum absolute atomic E-state index is 13.7. The van der Waals surface area contributed by atoms with Gasteiger partial charge in [-0.3, -0.25) is 4.79 Å². The minimum atomic E-state index is -0.286. The number of amides is 1. The van der Waals surface area contributed by atoms with E-state index in [0.717, 1.165) is 40.2 Å². The Labute approximate surface area is 166 Å². The molecular formula is C20H20FN5OS. The van der Waals surface area contributed by atoms with Gasteiger partial charge in [-0.2, -0.15) is 5.10 Å². The molecule has 0 unspecified atom stereocenters. The molecule has 1 aliphatic rings. The second kappa shape index (κ2) is 7.73. The number of hydrazone groups is 1. The lowest BCUT2D eigenvalue weighted by Gasteiger charge is -2.22. The number of carbonyl (C=O) groups excluding carboxylic acids is 1. The van der Waals surface area contributed by atoms with E-state index in [4.69, 9.17) is 10.7 Å². The number of hydrogen-bond acceptors (Lipinski definition) is 5. The van der Waals surface area contributed by atoms with Crippen molar-refractivity contribution < 1.29 is 9.18 Å². The number of carbonyl (C=O) groups is 1. The monoisotopic (exact) mass is 397 g/mol. The average Bonchev–Trinajstić information content (AvgIpc) is 3.07. The fraction of sp³-hybridized carbons (Fsp3) is 0.250. The van der Waals surface area contributed by atoms with Crippen molar-refractivity contribution in [2.75, 3.05) is 18.8 Å². The van der Waals surface area contributed by atoms with Crippen LogP contribution in [0.3, 0.4) is 0 Å². The predicted octanol–water partition coefficient (Wildman–Crippen LogP) is 3.69. The highest BCUT2D eigenvalue weighted by Crippen LogP contribution is 2.27. The highest BCUT2D eigenvalue weighted by Gasteiger charge is 2.22. The van der Waals surface area contributed by atoms with Gasteiger partial charge in [-0.05, 0) is 31.2 Å². The molecule has 0 fully saturated rings. The molecule has 8 heteroatoms. The zero-order valence-corrected chi connectivity index (χ0v) is 16.2. The molecule has 0 aliphatic carbocycles. The standard InChI is InChI=1S/C20H20FN5OS/c1-2-25-18-7-6-13(17-12-28-20(27)26(24-17)9-8-22)11-16(18)23-19(25)14-4-3-5-15(21)10-14/h3-7,10-11H,2,8-9,12,22H2,1H3. The molecule has 2 N–H and O–H groups in total. The first-order chi connectivity index (χ1) is 13.6. The summed E-state index contributed by atoms with van der Waals surface area (Å²) in [6, 6.07) is 12.4. The largest absolute Gasteiger partial charge is 0.329 e. The van der Waals surface area contributed by atoms with Gasteiger partial charge in [-0.15, -0.1) is 0 Å². The fourth-order valence-electron chi connectivity index (χ4n) is 3.30.